The molecule has 1 aromatic rings. The van der Waals surface area contributed by atoms with E-state index >= 15 is 0 Å². The SMILES string of the molecule is CCOC(=O)CCNC(=O)C1(c2cccc(C)c2)CC1. The molecular weight excluding hydrogens is 254 g/mol. The molecule has 1 amide bonds. The van der Waals surface area contributed by atoms with Crippen LogP contribution in [0.15, 0.2) is 24.3 Å². The molecule has 1 saturated carbocycles. The molecule has 0 atom stereocenters. The van der Waals surface area contributed by atoms with Crippen molar-refractivity contribution in [3.63, 3.8) is 0 Å². The van der Waals surface area contributed by atoms with E-state index in [-0.39, 0.29) is 23.7 Å². The van der Waals surface area contributed by atoms with E-state index in [4.69, 9.17) is 4.74 Å². The molecule has 1 fully saturated rings. The summed E-state index contributed by atoms with van der Waals surface area (Å²) < 4.78 is 4.84. The first-order valence-electron chi connectivity index (χ1n) is 7.09. The number of aryl methyl sites for hydroxylation is 1. The molecular formula is C16H21NO3. The average molecular weight is 275 g/mol. The highest BCUT2D eigenvalue weighted by molar-refractivity contribution is 5.91. The van der Waals surface area contributed by atoms with Crippen molar-refractivity contribution in [2.24, 2.45) is 0 Å². The molecule has 1 aliphatic rings. The number of amides is 1. The van der Waals surface area contributed by atoms with Crippen molar-refractivity contribution in [3.8, 4) is 0 Å². The molecule has 4 heteroatoms. The predicted octanol–water partition coefficient (Wildman–Crippen LogP) is 2.10. The monoisotopic (exact) mass is 275 g/mol. The van der Waals surface area contributed by atoms with Crippen LogP contribution in [0.4, 0.5) is 0 Å². The second-order valence-electron chi connectivity index (χ2n) is 5.26. The Morgan fingerprint density at radius 3 is 2.70 bits per heavy atom. The Morgan fingerprint density at radius 2 is 2.10 bits per heavy atom. The molecule has 0 saturated heterocycles. The van der Waals surface area contributed by atoms with Crippen LogP contribution in [-0.2, 0) is 19.7 Å². The summed E-state index contributed by atoms with van der Waals surface area (Å²) in [6.07, 6.45) is 1.98. The van der Waals surface area contributed by atoms with Crippen LogP contribution in [0, 0.1) is 6.92 Å². The lowest BCUT2D eigenvalue weighted by Crippen LogP contribution is -2.36. The van der Waals surface area contributed by atoms with Gasteiger partial charge in [0.25, 0.3) is 0 Å². The maximum absolute atomic E-state index is 12.3. The van der Waals surface area contributed by atoms with Gasteiger partial charge in [-0.1, -0.05) is 29.8 Å². The van der Waals surface area contributed by atoms with Crippen molar-refractivity contribution in [1.29, 1.82) is 0 Å². The fourth-order valence-corrected chi connectivity index (χ4v) is 2.40. The molecule has 20 heavy (non-hydrogen) atoms. The zero-order valence-corrected chi connectivity index (χ0v) is 12.1. The van der Waals surface area contributed by atoms with Crippen molar-refractivity contribution in [3.05, 3.63) is 35.4 Å². The molecule has 2 rings (SSSR count). The summed E-state index contributed by atoms with van der Waals surface area (Å²) in [6, 6.07) is 8.08. The lowest BCUT2D eigenvalue weighted by Gasteiger charge is -2.16. The second-order valence-corrected chi connectivity index (χ2v) is 5.26. The second kappa shape index (κ2) is 6.07. The average Bonchev–Trinajstić information content (AvgIpc) is 3.20. The lowest BCUT2D eigenvalue weighted by molar-refractivity contribution is -0.143. The number of nitrogens with one attached hydrogen (secondary N) is 1. The van der Waals surface area contributed by atoms with Gasteiger partial charge in [-0.25, -0.2) is 0 Å². The Hall–Kier alpha value is -1.84. The van der Waals surface area contributed by atoms with Crippen molar-refractivity contribution >= 4 is 11.9 Å². The topological polar surface area (TPSA) is 55.4 Å². The van der Waals surface area contributed by atoms with E-state index in [9.17, 15) is 9.59 Å². The first-order chi connectivity index (χ1) is 9.58. The maximum atomic E-state index is 12.3. The summed E-state index contributed by atoms with van der Waals surface area (Å²) in [7, 11) is 0. The van der Waals surface area contributed by atoms with Crippen LogP contribution in [0.1, 0.15) is 37.3 Å². The third-order valence-electron chi connectivity index (χ3n) is 3.68. The number of hydrogen-bond donors (Lipinski definition) is 1. The first kappa shape index (κ1) is 14.6. The summed E-state index contributed by atoms with van der Waals surface area (Å²) >= 11 is 0. The van der Waals surface area contributed by atoms with E-state index in [1.165, 1.54) is 0 Å². The summed E-state index contributed by atoms with van der Waals surface area (Å²) in [5.41, 5.74) is 1.86. The molecule has 1 aliphatic carbocycles. The Labute approximate surface area is 119 Å². The molecule has 0 aromatic heterocycles. The number of esters is 1. The minimum Gasteiger partial charge on any atom is -0.466 e. The minimum absolute atomic E-state index is 0.0207. The van der Waals surface area contributed by atoms with E-state index < -0.39 is 0 Å². The van der Waals surface area contributed by atoms with Crippen LogP contribution in [0.25, 0.3) is 0 Å². The van der Waals surface area contributed by atoms with Gasteiger partial charge in [0.05, 0.1) is 18.4 Å². The van der Waals surface area contributed by atoms with E-state index in [2.05, 4.69) is 11.4 Å². The van der Waals surface area contributed by atoms with Gasteiger partial charge in [0.2, 0.25) is 5.91 Å². The number of rotatable bonds is 6. The number of carbonyl (C=O) groups excluding carboxylic acids is 2. The van der Waals surface area contributed by atoms with Gasteiger partial charge in [0, 0.05) is 6.54 Å². The molecule has 0 heterocycles. The van der Waals surface area contributed by atoms with Gasteiger partial charge < -0.3 is 10.1 Å². The fourth-order valence-electron chi connectivity index (χ4n) is 2.40. The molecule has 0 aliphatic heterocycles. The zero-order chi connectivity index (χ0) is 14.6. The molecule has 108 valence electrons. The van der Waals surface area contributed by atoms with Crippen molar-refractivity contribution < 1.29 is 14.3 Å². The number of hydrogen-bond acceptors (Lipinski definition) is 3. The largest absolute Gasteiger partial charge is 0.466 e. The van der Waals surface area contributed by atoms with Gasteiger partial charge in [-0.3, -0.25) is 9.59 Å². The number of ether oxygens (including phenoxy) is 1. The van der Waals surface area contributed by atoms with Gasteiger partial charge in [-0.05, 0) is 32.3 Å². The molecule has 1 aromatic carbocycles. The molecule has 0 bridgehead atoms. The summed E-state index contributed by atoms with van der Waals surface area (Å²) in [5, 5.41) is 2.85. The van der Waals surface area contributed by atoms with E-state index in [0.717, 1.165) is 24.0 Å². The normalized spacial score (nSPS) is 15.5. The van der Waals surface area contributed by atoms with Gasteiger partial charge >= 0.3 is 5.97 Å². The van der Waals surface area contributed by atoms with Gasteiger partial charge in [0.15, 0.2) is 0 Å². The first-order valence-corrected chi connectivity index (χ1v) is 7.09. The Morgan fingerprint density at radius 1 is 1.35 bits per heavy atom. The van der Waals surface area contributed by atoms with Crippen LogP contribution < -0.4 is 5.32 Å². The quantitative estimate of drug-likeness (QED) is 0.809. The standard InChI is InChI=1S/C16H21NO3/c1-3-20-14(18)7-10-17-15(19)16(8-9-16)13-6-4-5-12(2)11-13/h4-6,11H,3,7-10H2,1-2H3,(H,17,19). The summed E-state index contributed by atoms with van der Waals surface area (Å²) in [5.74, 6) is -0.249. The highest BCUT2D eigenvalue weighted by Gasteiger charge is 2.51. The molecule has 1 N–H and O–H groups in total. The van der Waals surface area contributed by atoms with Crippen molar-refractivity contribution in [2.45, 2.75) is 38.5 Å². The predicted molar refractivity (Wildman–Crippen MR) is 76.4 cm³/mol. The smallest absolute Gasteiger partial charge is 0.307 e. The Kier molecular flexibility index (Phi) is 4.42. The highest BCUT2D eigenvalue weighted by Crippen LogP contribution is 2.48. The number of carbonyl (C=O) groups is 2. The van der Waals surface area contributed by atoms with Crippen LogP contribution >= 0.6 is 0 Å². The third-order valence-corrected chi connectivity index (χ3v) is 3.68. The van der Waals surface area contributed by atoms with Crippen LogP contribution in [-0.4, -0.2) is 25.0 Å². The Balaban J connectivity index is 1.91. The maximum Gasteiger partial charge on any atom is 0.307 e. The minimum atomic E-state index is -0.374. The summed E-state index contributed by atoms with van der Waals surface area (Å²) in [6.45, 7) is 4.51. The molecule has 4 nitrogen and oxygen atoms in total. The van der Waals surface area contributed by atoms with Gasteiger partial charge in [-0.2, -0.15) is 0 Å². The van der Waals surface area contributed by atoms with E-state index in [1.54, 1.807) is 6.92 Å². The Bertz CT molecular complexity index is 506. The molecule has 0 unspecified atom stereocenters. The number of benzene rings is 1. The van der Waals surface area contributed by atoms with Crippen LogP contribution in [0.2, 0.25) is 0 Å². The zero-order valence-electron chi connectivity index (χ0n) is 12.1. The lowest BCUT2D eigenvalue weighted by atomic mass is 9.93. The van der Waals surface area contributed by atoms with E-state index in [1.807, 2.05) is 25.1 Å². The summed E-state index contributed by atoms with van der Waals surface area (Å²) in [4.78, 5) is 23.5. The van der Waals surface area contributed by atoms with Crippen molar-refractivity contribution in [1.82, 2.24) is 5.32 Å². The van der Waals surface area contributed by atoms with Crippen LogP contribution in [0.3, 0.4) is 0 Å². The molecule has 0 radical (unpaired) electrons. The van der Waals surface area contributed by atoms with Crippen LogP contribution in [0.5, 0.6) is 0 Å². The van der Waals surface area contributed by atoms with Crippen molar-refractivity contribution in [2.75, 3.05) is 13.2 Å². The van der Waals surface area contributed by atoms with E-state index in [0.29, 0.717) is 13.2 Å². The molecule has 0 spiro atoms. The third kappa shape index (κ3) is 3.18. The van der Waals surface area contributed by atoms with Gasteiger partial charge in [0.1, 0.15) is 0 Å². The fraction of sp³-hybridized carbons (Fsp3) is 0.500. The van der Waals surface area contributed by atoms with Gasteiger partial charge in [-0.15, -0.1) is 0 Å². The highest BCUT2D eigenvalue weighted by atomic mass is 16.5.